The lowest BCUT2D eigenvalue weighted by atomic mass is 10.1. The van der Waals surface area contributed by atoms with Gasteiger partial charge >= 0.3 is 5.97 Å². The summed E-state index contributed by atoms with van der Waals surface area (Å²) in [6.07, 6.45) is 0. The van der Waals surface area contributed by atoms with Gasteiger partial charge < -0.3 is 15.2 Å². The molecule has 2 N–H and O–H groups in total. The van der Waals surface area contributed by atoms with Crippen LogP contribution in [0.15, 0.2) is 22.7 Å². The van der Waals surface area contributed by atoms with E-state index in [4.69, 9.17) is 10.5 Å². The Labute approximate surface area is 133 Å². The zero-order valence-corrected chi connectivity index (χ0v) is 13.2. The molecule has 22 heavy (non-hydrogen) atoms. The topological polar surface area (TPSA) is 74.4 Å². The summed E-state index contributed by atoms with van der Waals surface area (Å²) in [5.41, 5.74) is 4.80. The first-order valence-electron chi connectivity index (χ1n) is 5.97. The average Bonchev–Trinajstić information content (AvgIpc) is 2.51. The number of carbonyl (C=O) groups is 1. The van der Waals surface area contributed by atoms with Crippen LogP contribution in [0.25, 0.3) is 11.3 Å². The molecule has 0 aliphatic heterocycles. The zero-order chi connectivity index (χ0) is 16.4. The smallest absolute Gasteiger partial charge is 0.360 e. The van der Waals surface area contributed by atoms with Crippen molar-refractivity contribution in [2.45, 2.75) is 0 Å². The second-order valence-electron chi connectivity index (χ2n) is 4.19. The van der Waals surface area contributed by atoms with Crippen molar-refractivity contribution in [3.8, 4) is 17.0 Å². The summed E-state index contributed by atoms with van der Waals surface area (Å²) in [6, 6.07) is 3.90. The second kappa shape index (κ2) is 6.27. The summed E-state index contributed by atoms with van der Waals surface area (Å²) in [7, 11) is 2.36. The van der Waals surface area contributed by atoms with E-state index in [0.717, 1.165) is 13.2 Å². The summed E-state index contributed by atoms with van der Waals surface area (Å²) in [5, 5.41) is 0. The number of aromatic nitrogens is 1. The van der Waals surface area contributed by atoms with Crippen LogP contribution in [-0.4, -0.2) is 25.2 Å². The van der Waals surface area contributed by atoms with Gasteiger partial charge in [0.05, 0.1) is 18.7 Å². The van der Waals surface area contributed by atoms with Crippen molar-refractivity contribution in [2.24, 2.45) is 0 Å². The molecule has 1 aromatic carbocycles. The monoisotopic (exact) mass is 372 g/mol. The Balaban J connectivity index is 2.73. The Bertz CT molecular complexity index is 753. The number of anilines is 1. The van der Waals surface area contributed by atoms with Gasteiger partial charge in [-0.2, -0.15) is 0 Å². The average molecular weight is 373 g/mol. The van der Waals surface area contributed by atoms with E-state index < -0.39 is 23.3 Å². The lowest BCUT2D eigenvalue weighted by molar-refractivity contribution is 0.0590. The number of rotatable bonds is 3. The van der Waals surface area contributed by atoms with Gasteiger partial charge in [0.25, 0.3) is 0 Å². The number of esters is 1. The van der Waals surface area contributed by atoms with Crippen LogP contribution in [0, 0.1) is 11.6 Å². The largest absolute Gasteiger partial charge is 0.492 e. The summed E-state index contributed by atoms with van der Waals surface area (Å²) in [4.78, 5) is 15.6. The minimum Gasteiger partial charge on any atom is -0.492 e. The molecule has 0 radical (unpaired) electrons. The fourth-order valence-electron chi connectivity index (χ4n) is 1.84. The maximum atomic E-state index is 14.4. The number of nitrogen functional groups attached to an aromatic ring is 1. The highest BCUT2D eigenvalue weighted by molar-refractivity contribution is 9.10. The van der Waals surface area contributed by atoms with E-state index in [1.165, 1.54) is 19.2 Å². The van der Waals surface area contributed by atoms with Gasteiger partial charge in [-0.1, -0.05) is 6.07 Å². The molecule has 8 heteroatoms. The summed E-state index contributed by atoms with van der Waals surface area (Å²) >= 11 is 3.00. The van der Waals surface area contributed by atoms with Gasteiger partial charge in [-0.05, 0) is 28.1 Å². The molecule has 0 aliphatic carbocycles. The van der Waals surface area contributed by atoms with Crippen LogP contribution in [0.2, 0.25) is 0 Å². The van der Waals surface area contributed by atoms with E-state index in [0.29, 0.717) is 0 Å². The van der Waals surface area contributed by atoms with Gasteiger partial charge in [0.15, 0.2) is 17.3 Å². The van der Waals surface area contributed by atoms with Crippen LogP contribution in [-0.2, 0) is 4.74 Å². The van der Waals surface area contributed by atoms with E-state index in [-0.39, 0.29) is 27.2 Å². The summed E-state index contributed by atoms with van der Waals surface area (Å²) in [5.74, 6) is -2.59. The molecule has 2 aromatic rings. The van der Waals surface area contributed by atoms with Crippen LogP contribution in [0.5, 0.6) is 5.75 Å². The Morgan fingerprint density at radius 1 is 1.32 bits per heavy atom. The number of methoxy groups -OCH3 is 2. The molecule has 0 aliphatic rings. The second-order valence-corrected chi connectivity index (χ2v) is 5.04. The first-order valence-corrected chi connectivity index (χ1v) is 6.76. The molecular formula is C14H11BrF2N2O3. The Hall–Kier alpha value is -2.22. The molecule has 5 nitrogen and oxygen atoms in total. The maximum Gasteiger partial charge on any atom is 0.360 e. The van der Waals surface area contributed by atoms with E-state index in [1.807, 2.05) is 0 Å². The van der Waals surface area contributed by atoms with E-state index >= 15 is 0 Å². The van der Waals surface area contributed by atoms with Crippen LogP contribution < -0.4 is 10.5 Å². The SMILES string of the molecule is COC(=O)c1nc(-c2ccc(Br)c(F)c2)c(F)c(N)c1OC. The molecule has 0 atom stereocenters. The number of pyridine rings is 1. The minimum absolute atomic E-state index is 0.123. The molecule has 0 amide bonds. The fourth-order valence-corrected chi connectivity index (χ4v) is 2.09. The standard InChI is InChI=1S/C14H11BrF2N2O3/c1-21-13-10(18)9(17)11(19-12(13)14(20)22-2)6-3-4-7(15)8(16)5-6/h3-5H,1-2H3,(H2,18,19). The first-order chi connectivity index (χ1) is 10.4. The number of hydrogen-bond acceptors (Lipinski definition) is 5. The molecule has 1 aromatic heterocycles. The van der Waals surface area contributed by atoms with Crippen LogP contribution in [0.4, 0.5) is 14.5 Å². The maximum absolute atomic E-state index is 14.4. The minimum atomic E-state index is -0.911. The predicted molar refractivity (Wildman–Crippen MR) is 79.6 cm³/mol. The van der Waals surface area contributed by atoms with Crippen molar-refractivity contribution in [2.75, 3.05) is 20.0 Å². The highest BCUT2D eigenvalue weighted by Crippen LogP contribution is 2.35. The molecule has 0 bridgehead atoms. The molecule has 0 fully saturated rings. The molecular weight excluding hydrogens is 362 g/mol. The van der Waals surface area contributed by atoms with Crippen LogP contribution >= 0.6 is 15.9 Å². The van der Waals surface area contributed by atoms with Crippen molar-refractivity contribution < 1.29 is 23.0 Å². The highest BCUT2D eigenvalue weighted by atomic mass is 79.9. The van der Waals surface area contributed by atoms with E-state index in [2.05, 4.69) is 25.7 Å². The third-order valence-corrected chi connectivity index (χ3v) is 3.55. The lowest BCUT2D eigenvalue weighted by Crippen LogP contribution is -2.12. The predicted octanol–water partition coefficient (Wildman–Crippen LogP) is 3.17. The molecule has 0 saturated carbocycles. The van der Waals surface area contributed by atoms with Gasteiger partial charge in [-0.25, -0.2) is 18.6 Å². The molecule has 2 rings (SSSR count). The van der Waals surface area contributed by atoms with Gasteiger partial charge in [-0.15, -0.1) is 0 Å². The van der Waals surface area contributed by atoms with Crippen LogP contribution in [0.1, 0.15) is 10.5 Å². The third-order valence-electron chi connectivity index (χ3n) is 2.90. The third kappa shape index (κ3) is 2.74. The van der Waals surface area contributed by atoms with Crippen molar-refractivity contribution in [3.63, 3.8) is 0 Å². The number of benzene rings is 1. The Morgan fingerprint density at radius 3 is 2.55 bits per heavy atom. The highest BCUT2D eigenvalue weighted by Gasteiger charge is 2.25. The number of carbonyl (C=O) groups excluding carboxylic acids is 1. The van der Waals surface area contributed by atoms with Gasteiger partial charge in [0.2, 0.25) is 0 Å². The van der Waals surface area contributed by atoms with Gasteiger partial charge in [0.1, 0.15) is 17.2 Å². The molecule has 0 spiro atoms. The summed E-state index contributed by atoms with van der Waals surface area (Å²) in [6.45, 7) is 0. The Morgan fingerprint density at radius 2 is 2.00 bits per heavy atom. The fraction of sp³-hybridized carbons (Fsp3) is 0.143. The number of ether oxygens (including phenoxy) is 2. The number of halogens is 3. The van der Waals surface area contributed by atoms with E-state index in [9.17, 15) is 13.6 Å². The van der Waals surface area contributed by atoms with Crippen molar-refractivity contribution in [1.29, 1.82) is 0 Å². The van der Waals surface area contributed by atoms with Crippen molar-refractivity contribution in [1.82, 2.24) is 4.98 Å². The van der Waals surface area contributed by atoms with Gasteiger partial charge in [-0.3, -0.25) is 0 Å². The first kappa shape index (κ1) is 16.2. The van der Waals surface area contributed by atoms with E-state index in [1.54, 1.807) is 0 Å². The molecule has 1 heterocycles. The number of nitrogens with two attached hydrogens (primary N) is 1. The zero-order valence-electron chi connectivity index (χ0n) is 11.6. The number of hydrogen-bond donors (Lipinski definition) is 1. The molecule has 0 saturated heterocycles. The number of nitrogens with zero attached hydrogens (tertiary/aromatic N) is 1. The van der Waals surface area contributed by atoms with Crippen molar-refractivity contribution in [3.05, 3.63) is 40.0 Å². The summed E-state index contributed by atoms with van der Waals surface area (Å²) < 4.78 is 37.7. The normalized spacial score (nSPS) is 10.4. The Kier molecular flexibility index (Phi) is 4.60. The van der Waals surface area contributed by atoms with Gasteiger partial charge in [0, 0.05) is 5.56 Å². The molecule has 0 unspecified atom stereocenters. The quantitative estimate of drug-likeness (QED) is 0.837. The van der Waals surface area contributed by atoms with Crippen molar-refractivity contribution >= 4 is 27.6 Å². The van der Waals surface area contributed by atoms with Crippen LogP contribution in [0.3, 0.4) is 0 Å². The lowest BCUT2D eigenvalue weighted by Gasteiger charge is -2.13. The molecule has 116 valence electrons.